The number of allylic oxidation sites excluding steroid dienone is 4. The van der Waals surface area contributed by atoms with Crippen molar-refractivity contribution in [2.24, 2.45) is 20.4 Å². The van der Waals surface area contributed by atoms with E-state index in [1.165, 1.54) is 38.5 Å². The molecule has 0 radical (unpaired) electrons. The van der Waals surface area contributed by atoms with Crippen molar-refractivity contribution in [3.05, 3.63) is 122 Å². The quantitative estimate of drug-likeness (QED) is 0.0164. The van der Waals surface area contributed by atoms with E-state index in [1.807, 2.05) is 0 Å². The Labute approximate surface area is 422 Å². The summed E-state index contributed by atoms with van der Waals surface area (Å²) < 4.78 is 48.6. The maximum atomic E-state index is 13.8. The van der Waals surface area contributed by atoms with Gasteiger partial charge in [0.25, 0.3) is 5.69 Å². The van der Waals surface area contributed by atoms with Gasteiger partial charge in [0.15, 0.2) is 5.78 Å². The van der Waals surface area contributed by atoms with Gasteiger partial charge in [0, 0.05) is 34.4 Å². The normalized spacial score (nSPS) is 14.3. The number of carbonyl (C=O) groups is 4. The molecule has 6 rings (SSSR count). The number of nitro groups is 1. The maximum absolute atomic E-state index is 13.8. The Morgan fingerprint density at radius 1 is 0.778 bits per heavy atom. The molecule has 4 N–H and O–H groups in total. The molecular weight excluding hydrogens is 877 g/mol. The Morgan fingerprint density at radius 2 is 1.38 bits per heavy atom. The van der Waals surface area contributed by atoms with Gasteiger partial charge in [0.1, 0.15) is 33.0 Å². The smallest absolute Gasteiger partial charge is 0.744 e. The number of nitrogens with one attached hydrogen (secondary N) is 2. The van der Waals surface area contributed by atoms with E-state index < -0.39 is 71.7 Å². The molecule has 0 unspecified atom stereocenters. The van der Waals surface area contributed by atoms with Crippen LogP contribution in [0, 0.1) is 10.1 Å². The second kappa shape index (κ2) is 21.8. The number of rotatable bonds is 13. The molecule has 0 fully saturated rings. The van der Waals surface area contributed by atoms with Gasteiger partial charge in [-0.15, -0.1) is 10.2 Å². The second-order valence-corrected chi connectivity index (χ2v) is 13.6. The number of non-ortho nitro benzene ring substituents is 1. The number of methoxy groups -OCH3 is 2. The molecule has 63 heavy (non-hydrogen) atoms. The number of fused-ring (bicyclic) bond motifs is 1. The fraction of sp³-hybridized carbons (Fsp3) is 0.0526. The van der Waals surface area contributed by atoms with Gasteiger partial charge in [-0.2, -0.15) is 10.2 Å². The number of aliphatic carboxylic acids is 1. The van der Waals surface area contributed by atoms with Crippen molar-refractivity contribution in [3.63, 3.8) is 0 Å². The number of nitrogens with two attached hydrogens (primary N) is 1. The van der Waals surface area contributed by atoms with Gasteiger partial charge in [-0.3, -0.25) is 30.6 Å². The SMILES string of the molecule is COc1cc(-c2ccc(NN=C3C(=O)c4ccc(N)c(N=Nc5ccc([N+](=O)[O-])cc5C(=O)[O-])c4C=C3S(=O)(=O)[O-])c(OC)c2)ccc1NN=C1C=CC(=O)C(C(=O)[O-])=C1.[Na+].[Na+].[Na+]. The maximum Gasteiger partial charge on any atom is 1.00 e. The van der Waals surface area contributed by atoms with Crippen molar-refractivity contribution in [2.45, 2.75) is 0 Å². The Hall–Kier alpha value is -5.37. The number of ether oxygens (including phenoxy) is 2. The van der Waals surface area contributed by atoms with Crippen LogP contribution in [0.2, 0.25) is 0 Å². The number of nitro benzene ring substituents is 1. The van der Waals surface area contributed by atoms with Crippen molar-refractivity contribution >= 4 is 85.2 Å². The van der Waals surface area contributed by atoms with Crippen LogP contribution in [0.1, 0.15) is 26.3 Å². The third kappa shape index (κ3) is 11.6. The molecule has 0 heterocycles. The van der Waals surface area contributed by atoms with Gasteiger partial charge in [-0.1, -0.05) is 12.1 Å². The number of Topliss-reactive ketones (excluding diaryl/α,β-unsaturated/α-hetero) is 1. The third-order valence-electron chi connectivity index (χ3n) is 8.67. The fourth-order valence-electron chi connectivity index (χ4n) is 5.72. The van der Waals surface area contributed by atoms with Crippen LogP contribution in [0.5, 0.6) is 11.5 Å². The topological polar surface area (TPSA) is 333 Å². The molecule has 0 spiro atoms. The molecule has 0 saturated carbocycles. The molecule has 0 atom stereocenters. The van der Waals surface area contributed by atoms with Crippen LogP contribution < -0.4 is 125 Å². The van der Waals surface area contributed by atoms with Crippen molar-refractivity contribution in [2.75, 3.05) is 30.8 Å². The molecule has 0 aromatic heterocycles. The van der Waals surface area contributed by atoms with Crippen molar-refractivity contribution < 1.29 is 145 Å². The van der Waals surface area contributed by atoms with Crippen molar-refractivity contribution in [1.29, 1.82) is 0 Å². The first kappa shape index (κ1) is 52.0. The third-order valence-corrected chi connectivity index (χ3v) is 9.52. The van der Waals surface area contributed by atoms with E-state index >= 15 is 0 Å². The molecule has 0 saturated heterocycles. The minimum Gasteiger partial charge on any atom is -0.744 e. The monoisotopic (exact) mass is 902 g/mol. The van der Waals surface area contributed by atoms with E-state index in [0.29, 0.717) is 28.6 Å². The largest absolute Gasteiger partial charge is 1.00 e. The molecule has 0 amide bonds. The number of azo groups is 1. The van der Waals surface area contributed by atoms with Gasteiger partial charge in [-0.05, 0) is 77.9 Å². The number of nitrogen functional groups attached to an aromatic ring is 1. The molecule has 0 aliphatic heterocycles. The number of hydrogen-bond donors (Lipinski definition) is 3. The Morgan fingerprint density at radius 3 is 1.92 bits per heavy atom. The average Bonchev–Trinajstić information content (AvgIpc) is 3.21. The summed E-state index contributed by atoms with van der Waals surface area (Å²) in [6.45, 7) is 0. The number of aromatic carboxylic acids is 1. The van der Waals surface area contributed by atoms with Crippen LogP contribution in [0.4, 0.5) is 34.1 Å². The zero-order valence-electron chi connectivity index (χ0n) is 33.7. The Bertz CT molecular complexity index is 2880. The van der Waals surface area contributed by atoms with E-state index in [-0.39, 0.29) is 128 Å². The van der Waals surface area contributed by atoms with Crippen LogP contribution in [-0.4, -0.2) is 67.0 Å². The second-order valence-electron chi connectivity index (χ2n) is 12.3. The summed E-state index contributed by atoms with van der Waals surface area (Å²) in [7, 11) is -2.68. The molecule has 25 heteroatoms. The van der Waals surface area contributed by atoms with Crippen molar-refractivity contribution in [3.8, 4) is 22.6 Å². The number of hydrazone groups is 2. The number of hydrogen-bond acceptors (Lipinski definition) is 20. The predicted octanol–water partition coefficient (Wildman–Crippen LogP) is -6.21. The first-order chi connectivity index (χ1) is 28.5. The van der Waals surface area contributed by atoms with Crippen LogP contribution in [-0.2, 0) is 19.7 Å². The van der Waals surface area contributed by atoms with Gasteiger partial charge >= 0.3 is 88.7 Å². The summed E-state index contributed by atoms with van der Waals surface area (Å²) >= 11 is 0. The Balaban J connectivity index is 0.00000352. The summed E-state index contributed by atoms with van der Waals surface area (Å²) in [4.78, 5) is 57.6. The van der Waals surface area contributed by atoms with Crippen LogP contribution in [0.15, 0.2) is 116 Å². The molecule has 4 aromatic rings. The first-order valence-corrected chi connectivity index (χ1v) is 18.2. The van der Waals surface area contributed by atoms with Gasteiger partial charge < -0.3 is 39.6 Å². The van der Waals surface area contributed by atoms with Crippen LogP contribution >= 0.6 is 0 Å². The number of carboxylic acids is 2. The number of ketones is 2. The summed E-state index contributed by atoms with van der Waals surface area (Å²) in [5.74, 6) is -4.74. The molecule has 304 valence electrons. The molecular formula is C38H25N8Na3O13S. The summed E-state index contributed by atoms with van der Waals surface area (Å²) in [6, 6.07) is 14.7. The van der Waals surface area contributed by atoms with Gasteiger partial charge in [-0.25, -0.2) is 8.42 Å². The zero-order valence-corrected chi connectivity index (χ0v) is 40.5. The number of carboxylic acid groups (broad SMARTS) is 2. The minimum atomic E-state index is -5.42. The predicted molar refractivity (Wildman–Crippen MR) is 209 cm³/mol. The minimum absolute atomic E-state index is 0. The number of nitrogens with zero attached hydrogens (tertiary/aromatic N) is 5. The van der Waals surface area contributed by atoms with Crippen LogP contribution in [0.3, 0.4) is 0 Å². The first-order valence-electron chi connectivity index (χ1n) is 16.8. The molecule has 21 nitrogen and oxygen atoms in total. The molecule has 0 bridgehead atoms. The fourth-order valence-corrected chi connectivity index (χ4v) is 6.36. The van der Waals surface area contributed by atoms with Gasteiger partial charge in [0.05, 0.1) is 64.4 Å². The standard InChI is InChI=1S/C38H28N8O13S.3Na/c1-58-31-13-18(3-9-28(31)42-40-20-5-12-30(47)25(15-20)38(51)52)19-4-10-29(32(14-19)59-2)43-45-35-33(60(55,56)57)17-23-22(36(35)48)7-8-26(39)34(23)44-41-27-11-6-21(46(53)54)16-24(27)37(49)50;;;/h3-17,42-43H,39H2,1-2H3,(H,49,50)(H,51,52)(H,55,56,57);;;/q;3*+1/p-3. The summed E-state index contributed by atoms with van der Waals surface area (Å²) in [6.07, 6.45) is 4.24. The summed E-state index contributed by atoms with van der Waals surface area (Å²) in [5.41, 5.74) is 9.27. The van der Waals surface area contributed by atoms with Gasteiger partial charge in [0.2, 0.25) is 5.78 Å². The van der Waals surface area contributed by atoms with E-state index in [1.54, 1.807) is 30.3 Å². The van der Waals surface area contributed by atoms with Crippen LogP contribution in [0.25, 0.3) is 17.2 Å². The van der Waals surface area contributed by atoms with E-state index in [9.17, 15) is 52.5 Å². The number of anilines is 3. The zero-order chi connectivity index (χ0) is 43.5. The van der Waals surface area contributed by atoms with E-state index in [0.717, 1.165) is 30.4 Å². The van der Waals surface area contributed by atoms with Crippen molar-refractivity contribution in [1.82, 2.24) is 0 Å². The number of carbonyl (C=O) groups excluding carboxylic acids is 4. The number of benzene rings is 4. The Kier molecular flexibility index (Phi) is 18.0. The molecule has 2 aliphatic rings. The van der Waals surface area contributed by atoms with E-state index in [2.05, 4.69) is 31.3 Å². The molecule has 2 aliphatic carbocycles. The summed E-state index contributed by atoms with van der Waals surface area (Å²) in [5, 5.41) is 49.8. The average molecular weight is 903 g/mol. The van der Waals surface area contributed by atoms with E-state index in [4.69, 9.17) is 15.2 Å². The molecule has 4 aromatic carbocycles.